The van der Waals surface area contributed by atoms with Crippen molar-refractivity contribution < 1.29 is 14.8 Å². The molecule has 2 aromatic carbocycles. The third kappa shape index (κ3) is 2.96. The van der Waals surface area contributed by atoms with Crippen LogP contribution in [0.1, 0.15) is 0 Å². The minimum absolute atomic E-state index is 0.376. The maximum Gasteiger partial charge on any atom is 0.194 e. The molecule has 0 aliphatic carbocycles. The van der Waals surface area contributed by atoms with E-state index in [-0.39, 0.29) is 5.23 Å². The molecule has 0 fully saturated rings. The third-order valence-electron chi connectivity index (χ3n) is 2.26. The van der Waals surface area contributed by atoms with Crippen molar-refractivity contribution in [3.8, 4) is 11.5 Å². The molecule has 1 N–H and O–H groups in total. The molecule has 0 saturated heterocycles. The SMILES string of the molecule is COc1cccc(O[NH+]([O-])c2ccccc2)c1. The van der Waals surface area contributed by atoms with E-state index >= 15 is 0 Å². The van der Waals surface area contributed by atoms with Gasteiger partial charge < -0.3 is 14.8 Å². The fourth-order valence-electron chi connectivity index (χ4n) is 1.40. The average Bonchev–Trinajstić information content (AvgIpc) is 2.40. The van der Waals surface area contributed by atoms with Crippen LogP contribution in [0.4, 0.5) is 5.69 Å². The van der Waals surface area contributed by atoms with Crippen molar-refractivity contribution in [1.82, 2.24) is 0 Å². The highest BCUT2D eigenvalue weighted by molar-refractivity contribution is 5.33. The molecule has 0 saturated carbocycles. The van der Waals surface area contributed by atoms with Crippen molar-refractivity contribution >= 4 is 5.69 Å². The van der Waals surface area contributed by atoms with Gasteiger partial charge in [0.1, 0.15) is 5.75 Å². The van der Waals surface area contributed by atoms with Crippen LogP contribution in [0.3, 0.4) is 0 Å². The molecule has 1 unspecified atom stereocenters. The van der Waals surface area contributed by atoms with Crippen molar-refractivity contribution in [1.29, 1.82) is 0 Å². The van der Waals surface area contributed by atoms with E-state index < -0.39 is 0 Å². The lowest BCUT2D eigenvalue weighted by atomic mass is 10.3. The Kier molecular flexibility index (Phi) is 3.59. The second kappa shape index (κ2) is 5.34. The van der Waals surface area contributed by atoms with Crippen LogP contribution in [-0.2, 0) is 0 Å². The Bertz CT molecular complexity index is 473. The summed E-state index contributed by atoms with van der Waals surface area (Å²) < 4.78 is 5.05. The molecule has 2 rings (SSSR count). The first-order valence-electron chi connectivity index (χ1n) is 5.21. The number of ether oxygens (including phenoxy) is 1. The van der Waals surface area contributed by atoms with Gasteiger partial charge >= 0.3 is 0 Å². The Morgan fingerprint density at radius 2 is 1.65 bits per heavy atom. The van der Waals surface area contributed by atoms with Gasteiger partial charge in [0.2, 0.25) is 0 Å². The zero-order valence-corrected chi connectivity index (χ0v) is 9.42. The van der Waals surface area contributed by atoms with E-state index in [9.17, 15) is 5.21 Å². The Labute approximate surface area is 99.5 Å². The molecule has 0 aliphatic rings. The summed E-state index contributed by atoms with van der Waals surface area (Å²) in [5, 5.41) is 11.4. The number of hydrogen-bond donors (Lipinski definition) is 1. The summed E-state index contributed by atoms with van der Waals surface area (Å²) in [5.74, 6) is 1.13. The van der Waals surface area contributed by atoms with Crippen LogP contribution in [0.15, 0.2) is 54.6 Å². The lowest BCUT2D eigenvalue weighted by Gasteiger charge is -2.19. The zero-order chi connectivity index (χ0) is 12.1. The molecule has 0 aromatic heterocycles. The van der Waals surface area contributed by atoms with Crippen LogP contribution < -0.4 is 14.8 Å². The van der Waals surface area contributed by atoms with Gasteiger partial charge in [-0.2, -0.15) is 0 Å². The Balaban J connectivity index is 2.10. The third-order valence-corrected chi connectivity index (χ3v) is 2.26. The molecule has 88 valence electrons. The zero-order valence-electron chi connectivity index (χ0n) is 9.42. The number of quaternary nitrogens is 1. The first-order chi connectivity index (χ1) is 8.29. The van der Waals surface area contributed by atoms with Crippen LogP contribution in [0.5, 0.6) is 11.5 Å². The Hall–Kier alpha value is -2.04. The lowest BCUT2D eigenvalue weighted by molar-refractivity contribution is -0.963. The second-order valence-corrected chi connectivity index (χ2v) is 3.43. The first kappa shape index (κ1) is 11.4. The highest BCUT2D eigenvalue weighted by Gasteiger charge is 2.05. The lowest BCUT2D eigenvalue weighted by Crippen LogP contribution is -3.04. The van der Waals surface area contributed by atoms with E-state index in [1.54, 1.807) is 55.6 Å². The van der Waals surface area contributed by atoms with Crippen molar-refractivity contribution in [3.63, 3.8) is 0 Å². The van der Waals surface area contributed by atoms with Gasteiger partial charge in [0.05, 0.1) is 7.11 Å². The van der Waals surface area contributed by atoms with Gasteiger partial charge in [-0.15, -0.1) is 5.23 Å². The van der Waals surface area contributed by atoms with Gasteiger partial charge in [0.25, 0.3) is 0 Å². The van der Waals surface area contributed by atoms with E-state index in [2.05, 4.69) is 0 Å². The molecule has 0 bridgehead atoms. The summed E-state index contributed by atoms with van der Waals surface area (Å²) in [5.41, 5.74) is 0.523. The Morgan fingerprint density at radius 3 is 2.35 bits per heavy atom. The molecular weight excluding hydrogens is 218 g/mol. The van der Waals surface area contributed by atoms with Crippen LogP contribution in [0, 0.1) is 5.21 Å². The van der Waals surface area contributed by atoms with Crippen molar-refractivity contribution in [3.05, 3.63) is 59.8 Å². The smallest absolute Gasteiger partial charge is 0.194 e. The van der Waals surface area contributed by atoms with Crippen LogP contribution >= 0.6 is 0 Å². The van der Waals surface area contributed by atoms with E-state index in [4.69, 9.17) is 9.57 Å². The number of benzene rings is 2. The quantitative estimate of drug-likeness (QED) is 0.815. The predicted molar refractivity (Wildman–Crippen MR) is 64.1 cm³/mol. The molecule has 4 nitrogen and oxygen atoms in total. The standard InChI is InChI=1S/C13H13NO3/c1-16-12-8-5-9-13(10-12)17-14(15)11-6-3-2-4-7-11/h2-10,14H,1H3. The number of nitrogens with one attached hydrogen (secondary N) is 1. The van der Waals surface area contributed by atoms with E-state index in [0.29, 0.717) is 17.2 Å². The van der Waals surface area contributed by atoms with E-state index in [1.165, 1.54) is 0 Å². The minimum atomic E-state index is -0.376. The molecule has 0 amide bonds. The summed E-state index contributed by atoms with van der Waals surface area (Å²) in [6.45, 7) is 0. The maximum absolute atomic E-state index is 11.8. The summed E-state index contributed by atoms with van der Waals surface area (Å²) in [7, 11) is 1.57. The summed E-state index contributed by atoms with van der Waals surface area (Å²) in [4.78, 5) is 5.22. The average molecular weight is 231 g/mol. The van der Waals surface area contributed by atoms with Crippen molar-refractivity contribution in [2.24, 2.45) is 0 Å². The number of methoxy groups -OCH3 is 1. The summed E-state index contributed by atoms with van der Waals surface area (Å²) in [6, 6.07) is 15.8. The van der Waals surface area contributed by atoms with Crippen LogP contribution in [0.2, 0.25) is 0 Å². The van der Waals surface area contributed by atoms with Gasteiger partial charge in [-0.25, -0.2) is 0 Å². The molecule has 0 radical (unpaired) electrons. The predicted octanol–water partition coefficient (Wildman–Crippen LogP) is 1.70. The van der Waals surface area contributed by atoms with Gasteiger partial charge in [-0.1, -0.05) is 24.3 Å². The van der Waals surface area contributed by atoms with Gasteiger partial charge in [0.15, 0.2) is 11.4 Å². The highest BCUT2D eigenvalue weighted by Crippen LogP contribution is 2.17. The normalized spacial score (nSPS) is 11.9. The van der Waals surface area contributed by atoms with Crippen LogP contribution in [0.25, 0.3) is 0 Å². The largest absolute Gasteiger partial charge is 0.585 e. The molecule has 2 aromatic rings. The van der Waals surface area contributed by atoms with Gasteiger partial charge in [-0.3, -0.25) is 0 Å². The minimum Gasteiger partial charge on any atom is -0.585 e. The molecule has 17 heavy (non-hydrogen) atoms. The number of hydrogen-bond acceptors (Lipinski definition) is 3. The van der Waals surface area contributed by atoms with Gasteiger partial charge in [-0.05, 0) is 12.1 Å². The fourth-order valence-corrected chi connectivity index (χ4v) is 1.40. The summed E-state index contributed by atoms with van der Waals surface area (Å²) in [6.07, 6.45) is 0. The maximum atomic E-state index is 11.8. The molecule has 1 atom stereocenters. The second-order valence-electron chi connectivity index (χ2n) is 3.43. The van der Waals surface area contributed by atoms with E-state index in [0.717, 1.165) is 0 Å². The van der Waals surface area contributed by atoms with Crippen molar-refractivity contribution in [2.45, 2.75) is 0 Å². The molecule has 0 aliphatic heterocycles. The monoisotopic (exact) mass is 231 g/mol. The molecule has 0 spiro atoms. The van der Waals surface area contributed by atoms with Gasteiger partial charge in [0, 0.05) is 18.2 Å². The molecular formula is C13H13NO3. The molecule has 4 heteroatoms. The first-order valence-corrected chi connectivity index (χ1v) is 5.21. The topological polar surface area (TPSA) is 46.0 Å². The Morgan fingerprint density at radius 1 is 0.941 bits per heavy atom. The van der Waals surface area contributed by atoms with Crippen molar-refractivity contribution in [2.75, 3.05) is 7.11 Å². The summed E-state index contributed by atoms with van der Waals surface area (Å²) >= 11 is 0. The number of rotatable bonds is 4. The highest BCUT2D eigenvalue weighted by atomic mass is 16.9. The van der Waals surface area contributed by atoms with Crippen LogP contribution in [-0.4, -0.2) is 7.11 Å². The van der Waals surface area contributed by atoms with E-state index in [1.807, 2.05) is 6.07 Å². The fraction of sp³-hybridized carbons (Fsp3) is 0.0769. The molecule has 0 heterocycles.